The molecule has 0 spiro atoms. The first-order valence-electron chi connectivity index (χ1n) is 9.40. The Hall–Kier alpha value is -2.29. The van der Waals surface area contributed by atoms with Crippen molar-refractivity contribution in [3.05, 3.63) is 58.5 Å². The van der Waals surface area contributed by atoms with Gasteiger partial charge in [0.1, 0.15) is 11.3 Å². The summed E-state index contributed by atoms with van der Waals surface area (Å²) in [5.74, 6) is -0.0712. The molecule has 0 aliphatic heterocycles. The van der Waals surface area contributed by atoms with E-state index in [1.54, 1.807) is 4.90 Å². The van der Waals surface area contributed by atoms with Gasteiger partial charge in [0.15, 0.2) is 5.13 Å². The number of hydrogen-bond donors (Lipinski definition) is 0. The second-order valence-corrected chi connectivity index (χ2v) is 9.12. The summed E-state index contributed by atoms with van der Waals surface area (Å²) in [4.78, 5) is 26.9. The minimum atomic E-state index is -0.0712. The molecule has 0 bridgehead atoms. The van der Waals surface area contributed by atoms with Crippen molar-refractivity contribution < 1.29 is 4.79 Å². The van der Waals surface area contributed by atoms with E-state index in [4.69, 9.17) is 4.98 Å². The second kappa shape index (κ2) is 8.22. The van der Waals surface area contributed by atoms with Gasteiger partial charge in [-0.2, -0.15) is 0 Å². The van der Waals surface area contributed by atoms with Gasteiger partial charge in [-0.1, -0.05) is 33.3 Å². The van der Waals surface area contributed by atoms with Gasteiger partial charge in [-0.15, -0.1) is 0 Å². The van der Waals surface area contributed by atoms with Crippen LogP contribution in [0, 0.1) is 6.92 Å². The van der Waals surface area contributed by atoms with Crippen LogP contribution in [0.1, 0.15) is 22.6 Å². The molecule has 4 aromatic rings. The highest BCUT2D eigenvalue weighted by Gasteiger charge is 2.26. The molecule has 6 nitrogen and oxygen atoms in total. The van der Waals surface area contributed by atoms with Crippen molar-refractivity contribution in [2.75, 3.05) is 32.1 Å². The first kappa shape index (κ1) is 20.0. The smallest absolute Gasteiger partial charge is 0.278 e. The molecule has 3 aromatic heterocycles. The van der Waals surface area contributed by atoms with Crippen LogP contribution in [-0.4, -0.2) is 52.4 Å². The molecule has 1 amide bonds. The average molecular weight is 472 g/mol. The summed E-state index contributed by atoms with van der Waals surface area (Å²) in [6.45, 7) is 3.37. The molecule has 1 aromatic carbocycles. The van der Waals surface area contributed by atoms with E-state index in [2.05, 4.69) is 25.8 Å². The number of fused-ring (bicyclic) bond motifs is 2. The lowest BCUT2D eigenvalue weighted by Crippen LogP contribution is -2.34. The minimum absolute atomic E-state index is 0.0712. The summed E-state index contributed by atoms with van der Waals surface area (Å²) < 4.78 is 3.92. The Balaban J connectivity index is 1.76. The van der Waals surface area contributed by atoms with Crippen LogP contribution in [0.5, 0.6) is 0 Å². The fourth-order valence-electron chi connectivity index (χ4n) is 3.33. The van der Waals surface area contributed by atoms with Gasteiger partial charge >= 0.3 is 0 Å². The average Bonchev–Trinajstić information content (AvgIpc) is 3.23. The highest BCUT2D eigenvalue weighted by Crippen LogP contribution is 2.32. The fraction of sp³-hybridized carbons (Fsp3) is 0.286. The predicted octanol–water partition coefficient (Wildman–Crippen LogP) is 4.61. The molecule has 0 unspecified atom stereocenters. The third-order valence-electron chi connectivity index (χ3n) is 4.71. The zero-order valence-corrected chi connectivity index (χ0v) is 19.0. The van der Waals surface area contributed by atoms with Crippen LogP contribution in [0.3, 0.4) is 0 Å². The van der Waals surface area contributed by atoms with E-state index in [9.17, 15) is 4.79 Å². The molecule has 150 valence electrons. The van der Waals surface area contributed by atoms with Crippen LogP contribution >= 0.6 is 27.3 Å². The Morgan fingerprint density at radius 1 is 1.17 bits per heavy atom. The number of aryl methyl sites for hydroxylation is 1. The number of benzene rings is 1. The quantitative estimate of drug-likeness (QED) is 0.411. The summed E-state index contributed by atoms with van der Waals surface area (Å²) in [5, 5.41) is 0.715. The normalized spacial score (nSPS) is 11.6. The molecule has 3 heterocycles. The number of thiazole rings is 1. The summed E-state index contributed by atoms with van der Waals surface area (Å²) >= 11 is 5.05. The Morgan fingerprint density at radius 2 is 2.00 bits per heavy atom. The van der Waals surface area contributed by atoms with E-state index in [0.29, 0.717) is 17.4 Å². The highest BCUT2D eigenvalue weighted by molar-refractivity contribution is 9.10. The Kier molecular flexibility index (Phi) is 5.67. The summed E-state index contributed by atoms with van der Waals surface area (Å²) in [6, 6.07) is 11.7. The number of rotatable bonds is 6. The molecule has 0 atom stereocenters. The number of aromatic nitrogens is 3. The highest BCUT2D eigenvalue weighted by atomic mass is 79.9. The van der Waals surface area contributed by atoms with Crippen molar-refractivity contribution in [2.24, 2.45) is 0 Å². The molecule has 0 fully saturated rings. The first-order chi connectivity index (χ1) is 13.9. The Bertz CT molecular complexity index is 1180. The number of carbonyl (C=O) groups is 1. The van der Waals surface area contributed by atoms with Crippen LogP contribution in [0.2, 0.25) is 0 Å². The van der Waals surface area contributed by atoms with E-state index in [1.807, 2.05) is 68.0 Å². The van der Waals surface area contributed by atoms with Crippen molar-refractivity contribution in [1.29, 1.82) is 0 Å². The van der Waals surface area contributed by atoms with Gasteiger partial charge < -0.3 is 4.90 Å². The number of carbonyl (C=O) groups excluding carboxylic acids is 1. The summed E-state index contributed by atoms with van der Waals surface area (Å²) in [7, 11) is 4.08. The van der Waals surface area contributed by atoms with Crippen molar-refractivity contribution >= 4 is 54.2 Å². The van der Waals surface area contributed by atoms with Crippen LogP contribution in [-0.2, 0) is 0 Å². The molecule has 4 rings (SSSR count). The van der Waals surface area contributed by atoms with Crippen LogP contribution in [0.25, 0.3) is 15.9 Å². The minimum Gasteiger partial charge on any atom is -0.309 e. The maximum atomic E-state index is 13.7. The maximum absolute atomic E-state index is 13.7. The number of imidazole rings is 1. The van der Waals surface area contributed by atoms with Crippen molar-refractivity contribution in [1.82, 2.24) is 19.3 Å². The predicted molar refractivity (Wildman–Crippen MR) is 122 cm³/mol. The molecule has 0 N–H and O–H groups in total. The van der Waals surface area contributed by atoms with Crippen molar-refractivity contribution in [3.8, 4) is 0 Å². The lowest BCUT2D eigenvalue weighted by Gasteiger charge is -2.21. The third-order valence-corrected chi connectivity index (χ3v) is 6.24. The van der Waals surface area contributed by atoms with E-state index in [0.717, 1.165) is 39.0 Å². The standard InChI is InChI=1S/C21H22BrN5OS/c1-14-19(26-11-5-4-7-18(26)23-14)20(28)27(12-6-10-25(2)3)21-24-16-9-8-15(22)13-17(16)29-21/h4-5,7-9,11,13H,6,10,12H2,1-3H3. The second-order valence-electron chi connectivity index (χ2n) is 7.20. The van der Waals surface area contributed by atoms with E-state index in [1.165, 1.54) is 11.3 Å². The molecule has 0 aliphatic rings. The van der Waals surface area contributed by atoms with Crippen molar-refractivity contribution in [3.63, 3.8) is 0 Å². The molecule has 0 radical (unpaired) electrons. The van der Waals surface area contributed by atoms with E-state index >= 15 is 0 Å². The number of anilines is 1. The summed E-state index contributed by atoms with van der Waals surface area (Å²) in [6.07, 6.45) is 2.74. The van der Waals surface area contributed by atoms with E-state index < -0.39 is 0 Å². The number of hydrogen-bond acceptors (Lipinski definition) is 5. The molecular weight excluding hydrogens is 450 g/mol. The van der Waals surface area contributed by atoms with E-state index in [-0.39, 0.29) is 5.91 Å². The SMILES string of the molecule is Cc1nc2ccccn2c1C(=O)N(CCCN(C)C)c1nc2ccc(Br)cc2s1. The van der Waals surface area contributed by atoms with Crippen LogP contribution in [0.4, 0.5) is 5.13 Å². The van der Waals surface area contributed by atoms with Gasteiger partial charge in [-0.25, -0.2) is 9.97 Å². The number of nitrogens with zero attached hydrogens (tertiary/aromatic N) is 5. The molecule has 0 aliphatic carbocycles. The molecule has 29 heavy (non-hydrogen) atoms. The molecule has 0 saturated heterocycles. The third kappa shape index (κ3) is 4.05. The Labute approximate surface area is 181 Å². The van der Waals surface area contributed by atoms with Crippen LogP contribution < -0.4 is 4.90 Å². The van der Waals surface area contributed by atoms with Gasteiger partial charge in [-0.05, 0) is 64.3 Å². The maximum Gasteiger partial charge on any atom is 0.278 e. The van der Waals surface area contributed by atoms with Crippen molar-refractivity contribution in [2.45, 2.75) is 13.3 Å². The topological polar surface area (TPSA) is 53.7 Å². The van der Waals surface area contributed by atoms with Gasteiger partial charge in [0, 0.05) is 17.2 Å². The van der Waals surface area contributed by atoms with Gasteiger partial charge in [0.2, 0.25) is 0 Å². The largest absolute Gasteiger partial charge is 0.309 e. The van der Waals surface area contributed by atoms with Crippen LogP contribution in [0.15, 0.2) is 47.1 Å². The van der Waals surface area contributed by atoms with Gasteiger partial charge in [0.25, 0.3) is 5.91 Å². The number of halogens is 1. The summed E-state index contributed by atoms with van der Waals surface area (Å²) in [5.41, 5.74) is 2.98. The van der Waals surface area contributed by atoms with Gasteiger partial charge in [0.05, 0.1) is 15.9 Å². The first-order valence-corrected chi connectivity index (χ1v) is 11.0. The number of amides is 1. The van der Waals surface area contributed by atoms with Gasteiger partial charge in [-0.3, -0.25) is 14.1 Å². The zero-order valence-electron chi connectivity index (χ0n) is 16.6. The monoisotopic (exact) mass is 471 g/mol. The Morgan fingerprint density at radius 3 is 2.79 bits per heavy atom. The fourth-order valence-corrected chi connectivity index (χ4v) is 4.87. The zero-order chi connectivity index (χ0) is 20.5. The lowest BCUT2D eigenvalue weighted by molar-refractivity contribution is 0.0979. The number of pyridine rings is 1. The molecular formula is C21H22BrN5OS. The lowest BCUT2D eigenvalue weighted by atomic mass is 10.3. The molecule has 8 heteroatoms. The molecule has 0 saturated carbocycles.